The zero-order chi connectivity index (χ0) is 46.6. The molecule has 1 fully saturated rings. The van der Waals surface area contributed by atoms with Gasteiger partial charge in [0.2, 0.25) is 0 Å². The number of allylic oxidation sites excluding steroid dienone is 4. The van der Waals surface area contributed by atoms with Crippen LogP contribution in [-0.4, -0.2) is 89.0 Å². The molecule has 6 atom stereocenters. The standard InChI is InChI=1S/C54H100O10/c1-3-5-7-9-11-13-15-17-19-21-22-23-24-25-27-29-31-33-35-37-39-41-43-50(57)63-47(46-62-54-53(60)52(59)51(58)48(44-55)64-54)45-61-49(56)42-40-38-36-34-32-30-28-26-20-18-16-14-12-10-8-6-4-2/h12,14,18,20,47-48,51-55,58-60H,3-11,13,15-17,19,21-46H2,1-2H3/b14-12+,20-18+/t47-,48-,51+,52?,53?,54-/m1/s1. The van der Waals surface area contributed by atoms with E-state index in [-0.39, 0.29) is 32.0 Å². The van der Waals surface area contributed by atoms with E-state index in [0.717, 1.165) is 57.8 Å². The van der Waals surface area contributed by atoms with Gasteiger partial charge in [-0.25, -0.2) is 0 Å². The monoisotopic (exact) mass is 909 g/mol. The van der Waals surface area contributed by atoms with E-state index in [9.17, 15) is 30.0 Å². The Morgan fingerprint density at radius 3 is 1.33 bits per heavy atom. The van der Waals surface area contributed by atoms with Crippen LogP contribution in [0.2, 0.25) is 0 Å². The Morgan fingerprint density at radius 1 is 0.484 bits per heavy atom. The lowest BCUT2D eigenvalue weighted by Gasteiger charge is -2.39. The molecule has 0 spiro atoms. The molecule has 10 heteroatoms. The van der Waals surface area contributed by atoms with Crippen LogP contribution in [0, 0.1) is 0 Å². The minimum atomic E-state index is -1.59. The van der Waals surface area contributed by atoms with Crippen LogP contribution >= 0.6 is 0 Å². The maximum absolute atomic E-state index is 12.9. The third-order valence-corrected chi connectivity index (χ3v) is 12.6. The molecule has 64 heavy (non-hydrogen) atoms. The largest absolute Gasteiger partial charge is 0.462 e. The van der Waals surface area contributed by atoms with Crippen molar-refractivity contribution in [3.05, 3.63) is 24.3 Å². The fraction of sp³-hybridized carbons (Fsp3) is 0.889. The molecule has 0 radical (unpaired) electrons. The number of carbonyl (C=O) groups excluding carboxylic acids is 2. The smallest absolute Gasteiger partial charge is 0.306 e. The van der Waals surface area contributed by atoms with Gasteiger partial charge in [-0.15, -0.1) is 0 Å². The molecule has 1 rings (SSSR count). The summed E-state index contributed by atoms with van der Waals surface area (Å²) in [5.74, 6) is -0.802. The minimum Gasteiger partial charge on any atom is -0.462 e. The molecule has 1 saturated heterocycles. The molecule has 1 aliphatic heterocycles. The van der Waals surface area contributed by atoms with Gasteiger partial charge in [-0.05, 0) is 44.9 Å². The summed E-state index contributed by atoms with van der Waals surface area (Å²) in [4.78, 5) is 25.5. The van der Waals surface area contributed by atoms with Crippen LogP contribution in [0.4, 0.5) is 0 Å². The van der Waals surface area contributed by atoms with Gasteiger partial charge < -0.3 is 39.4 Å². The zero-order valence-corrected chi connectivity index (χ0v) is 41.3. The molecule has 2 unspecified atom stereocenters. The number of aliphatic hydroxyl groups is 4. The third kappa shape index (κ3) is 35.4. The molecular weight excluding hydrogens is 809 g/mol. The minimum absolute atomic E-state index is 0.217. The number of unbranched alkanes of at least 4 members (excludes halogenated alkanes) is 31. The molecule has 1 heterocycles. The predicted molar refractivity (Wildman–Crippen MR) is 261 cm³/mol. The fourth-order valence-electron chi connectivity index (χ4n) is 8.34. The number of rotatable bonds is 46. The van der Waals surface area contributed by atoms with Gasteiger partial charge in [-0.2, -0.15) is 0 Å². The Morgan fingerprint density at radius 2 is 0.875 bits per heavy atom. The highest BCUT2D eigenvalue weighted by atomic mass is 16.7. The molecular formula is C54H100O10. The third-order valence-electron chi connectivity index (χ3n) is 12.6. The van der Waals surface area contributed by atoms with Crippen LogP contribution in [0.5, 0.6) is 0 Å². The summed E-state index contributed by atoms with van der Waals surface area (Å²) in [5, 5.41) is 40.2. The van der Waals surface area contributed by atoms with Crippen LogP contribution in [0.25, 0.3) is 0 Å². The van der Waals surface area contributed by atoms with E-state index in [1.54, 1.807) is 0 Å². The summed E-state index contributed by atoms with van der Waals surface area (Å²) < 4.78 is 22.3. The maximum Gasteiger partial charge on any atom is 0.306 e. The highest BCUT2D eigenvalue weighted by Gasteiger charge is 2.44. The first kappa shape index (κ1) is 60.2. The van der Waals surface area contributed by atoms with Gasteiger partial charge in [-0.3, -0.25) is 9.59 Å². The number of carbonyl (C=O) groups is 2. The summed E-state index contributed by atoms with van der Waals surface area (Å²) in [6.45, 7) is 3.44. The summed E-state index contributed by atoms with van der Waals surface area (Å²) in [6, 6.07) is 0. The lowest BCUT2D eigenvalue weighted by atomic mass is 9.99. The van der Waals surface area contributed by atoms with Crippen molar-refractivity contribution in [2.24, 2.45) is 0 Å². The van der Waals surface area contributed by atoms with Gasteiger partial charge >= 0.3 is 11.9 Å². The molecule has 0 bridgehead atoms. The predicted octanol–water partition coefficient (Wildman–Crippen LogP) is 12.8. The number of hydrogen-bond donors (Lipinski definition) is 4. The summed E-state index contributed by atoms with van der Waals surface area (Å²) in [5.41, 5.74) is 0. The lowest BCUT2D eigenvalue weighted by Crippen LogP contribution is -2.59. The van der Waals surface area contributed by atoms with Crippen molar-refractivity contribution < 1.29 is 49.0 Å². The summed E-state index contributed by atoms with van der Waals surface area (Å²) in [7, 11) is 0. The Labute approximate surface area is 392 Å². The molecule has 0 saturated carbocycles. The van der Waals surface area contributed by atoms with E-state index in [4.69, 9.17) is 18.9 Å². The molecule has 376 valence electrons. The van der Waals surface area contributed by atoms with Crippen molar-refractivity contribution in [1.29, 1.82) is 0 Å². The normalized spacial score (nSPS) is 19.5. The quantitative estimate of drug-likeness (QED) is 0.0264. The molecule has 0 aliphatic carbocycles. The second-order valence-corrected chi connectivity index (χ2v) is 18.7. The highest BCUT2D eigenvalue weighted by molar-refractivity contribution is 5.70. The molecule has 0 amide bonds. The first-order chi connectivity index (χ1) is 31.3. The molecule has 10 nitrogen and oxygen atoms in total. The number of ether oxygens (including phenoxy) is 4. The maximum atomic E-state index is 12.9. The van der Waals surface area contributed by atoms with E-state index in [1.807, 2.05) is 0 Å². The number of esters is 2. The Bertz CT molecular complexity index is 1100. The van der Waals surface area contributed by atoms with E-state index in [1.165, 1.54) is 161 Å². The molecule has 0 aromatic rings. The van der Waals surface area contributed by atoms with Gasteiger partial charge in [0.15, 0.2) is 12.4 Å². The second kappa shape index (κ2) is 45.0. The van der Waals surface area contributed by atoms with Crippen molar-refractivity contribution in [3.63, 3.8) is 0 Å². The Hall–Kier alpha value is -1.82. The van der Waals surface area contributed by atoms with E-state index < -0.39 is 49.4 Å². The van der Waals surface area contributed by atoms with E-state index in [0.29, 0.717) is 6.42 Å². The van der Waals surface area contributed by atoms with Crippen LogP contribution in [-0.2, 0) is 28.5 Å². The van der Waals surface area contributed by atoms with Crippen molar-refractivity contribution in [2.75, 3.05) is 19.8 Å². The average Bonchev–Trinajstić information content (AvgIpc) is 3.29. The van der Waals surface area contributed by atoms with Crippen LogP contribution in [0.3, 0.4) is 0 Å². The fourth-order valence-corrected chi connectivity index (χ4v) is 8.34. The summed E-state index contributed by atoms with van der Waals surface area (Å²) in [6.07, 6.45) is 44.7. The SMILES string of the molecule is CCCCC/C=C/C/C=C/CCCCCCCCCC(=O)OC[C@H](CO[C@@H]1O[C@H](CO)[C@H](O)C(O)C1O)OC(=O)CCCCCCCCCCCCCCCCCCCCCCCC. The van der Waals surface area contributed by atoms with Gasteiger partial charge in [0, 0.05) is 12.8 Å². The first-order valence-corrected chi connectivity index (χ1v) is 26.9. The van der Waals surface area contributed by atoms with Gasteiger partial charge in [-0.1, -0.05) is 218 Å². The van der Waals surface area contributed by atoms with Crippen molar-refractivity contribution in [3.8, 4) is 0 Å². The molecule has 4 N–H and O–H groups in total. The average molecular weight is 909 g/mol. The van der Waals surface area contributed by atoms with Crippen LogP contribution < -0.4 is 0 Å². The van der Waals surface area contributed by atoms with Crippen molar-refractivity contribution >= 4 is 11.9 Å². The molecule has 1 aliphatic rings. The molecule has 0 aromatic carbocycles. The van der Waals surface area contributed by atoms with Crippen molar-refractivity contribution in [2.45, 2.75) is 288 Å². The van der Waals surface area contributed by atoms with E-state index >= 15 is 0 Å². The Balaban J connectivity index is 2.23. The number of hydrogen-bond acceptors (Lipinski definition) is 10. The van der Waals surface area contributed by atoms with Gasteiger partial charge in [0.05, 0.1) is 13.2 Å². The first-order valence-electron chi connectivity index (χ1n) is 26.9. The topological polar surface area (TPSA) is 152 Å². The van der Waals surface area contributed by atoms with Crippen LogP contribution in [0.15, 0.2) is 24.3 Å². The Kier molecular flexibility index (Phi) is 42.3. The van der Waals surface area contributed by atoms with E-state index in [2.05, 4.69) is 38.2 Å². The summed E-state index contributed by atoms with van der Waals surface area (Å²) >= 11 is 0. The van der Waals surface area contributed by atoms with Crippen LogP contribution in [0.1, 0.15) is 251 Å². The van der Waals surface area contributed by atoms with Gasteiger partial charge in [0.1, 0.15) is 31.0 Å². The molecule has 0 aromatic heterocycles. The second-order valence-electron chi connectivity index (χ2n) is 18.7. The van der Waals surface area contributed by atoms with Crippen molar-refractivity contribution in [1.82, 2.24) is 0 Å². The zero-order valence-electron chi connectivity index (χ0n) is 41.3. The van der Waals surface area contributed by atoms with Gasteiger partial charge in [0.25, 0.3) is 0 Å². The number of aliphatic hydroxyl groups excluding tert-OH is 4. The lowest BCUT2D eigenvalue weighted by molar-refractivity contribution is -0.305. The highest BCUT2D eigenvalue weighted by Crippen LogP contribution is 2.23.